The number of allylic oxidation sites excluding steroid dienone is 2. The summed E-state index contributed by atoms with van der Waals surface area (Å²) in [5, 5.41) is 20.8. The lowest BCUT2D eigenvalue weighted by Gasteiger charge is -2.25. The van der Waals surface area contributed by atoms with Gasteiger partial charge in [-0.05, 0) is 43.6 Å². The second-order valence-corrected chi connectivity index (χ2v) is 10.2. The van der Waals surface area contributed by atoms with Crippen molar-refractivity contribution in [2.75, 3.05) is 27.0 Å². The van der Waals surface area contributed by atoms with E-state index in [2.05, 4.69) is 4.74 Å². The summed E-state index contributed by atoms with van der Waals surface area (Å²) in [6.45, 7) is 0.0684. The quantitative estimate of drug-likeness (QED) is 0.203. The second kappa shape index (κ2) is 13.1. The van der Waals surface area contributed by atoms with E-state index in [9.17, 15) is 19.6 Å². The third-order valence-corrected chi connectivity index (χ3v) is 7.70. The summed E-state index contributed by atoms with van der Waals surface area (Å²) >= 11 is 0. The zero-order chi connectivity index (χ0) is 22.7. The molecule has 0 heterocycles. The number of benzene rings is 1. The van der Waals surface area contributed by atoms with Crippen molar-refractivity contribution in [1.82, 2.24) is 0 Å². The van der Waals surface area contributed by atoms with Crippen LogP contribution in [0.5, 0.6) is 0 Å². The number of hydrogen-bond acceptors (Lipinski definition) is 7. The number of esters is 1. The van der Waals surface area contributed by atoms with Gasteiger partial charge in [0.1, 0.15) is 0 Å². The number of hydrogen-bond donors (Lipinski definition) is 2. The van der Waals surface area contributed by atoms with E-state index < -0.39 is 19.8 Å². The summed E-state index contributed by atoms with van der Waals surface area (Å²) in [5.74, 6) is -0.740. The molecule has 1 aliphatic rings. The van der Waals surface area contributed by atoms with Crippen molar-refractivity contribution < 1.29 is 33.4 Å². The molecule has 2 unspecified atom stereocenters. The van der Waals surface area contributed by atoms with Crippen LogP contribution in [-0.4, -0.2) is 55.4 Å². The summed E-state index contributed by atoms with van der Waals surface area (Å²) in [4.78, 5) is 11.1. The highest BCUT2D eigenvalue weighted by molar-refractivity contribution is 7.53. The number of aliphatic hydroxyl groups is 2. The zero-order valence-corrected chi connectivity index (χ0v) is 19.3. The summed E-state index contributed by atoms with van der Waals surface area (Å²) < 4.78 is 28.5. The van der Waals surface area contributed by atoms with Crippen LogP contribution in [0, 0.1) is 11.8 Å². The Morgan fingerprint density at radius 3 is 2.52 bits per heavy atom. The molecule has 7 nitrogen and oxygen atoms in total. The molecule has 0 radical (unpaired) electrons. The molecule has 8 heteroatoms. The number of aryl methyl sites for hydroxylation is 1. The normalized spacial score (nSPS) is 25.5. The minimum atomic E-state index is -3.30. The molecule has 1 fully saturated rings. The average Bonchev–Trinajstić information content (AvgIpc) is 3.05. The minimum absolute atomic E-state index is 0.0684. The van der Waals surface area contributed by atoms with Gasteiger partial charge in [-0.2, -0.15) is 0 Å². The van der Waals surface area contributed by atoms with E-state index in [1.807, 2.05) is 42.5 Å². The Hall–Kier alpha value is -1.50. The number of carbonyl (C=O) groups is 1. The van der Waals surface area contributed by atoms with Gasteiger partial charge in [-0.15, -0.1) is 0 Å². The molecule has 1 aromatic rings. The molecule has 0 spiro atoms. The third-order valence-electron chi connectivity index (χ3n) is 5.83. The third kappa shape index (κ3) is 8.51. The molecule has 1 saturated carbocycles. The number of ether oxygens (including phenoxy) is 1. The van der Waals surface area contributed by atoms with Gasteiger partial charge in [0.05, 0.1) is 32.1 Å². The molecule has 0 aromatic heterocycles. The Morgan fingerprint density at radius 2 is 1.84 bits per heavy atom. The van der Waals surface area contributed by atoms with Gasteiger partial charge < -0.3 is 24.0 Å². The SMILES string of the molecule is COC(=O)CCCC=CCC1[C@@H](COP(=O)(CCc2ccccc2)OC)[C@H](O)C[C@@H]1O. The number of methoxy groups -OCH3 is 1. The highest BCUT2D eigenvalue weighted by Crippen LogP contribution is 2.49. The first-order valence-corrected chi connectivity index (χ1v) is 12.5. The predicted octanol–water partition coefficient (Wildman–Crippen LogP) is 3.73. The van der Waals surface area contributed by atoms with E-state index in [-0.39, 0.29) is 37.0 Å². The molecule has 0 amide bonds. The van der Waals surface area contributed by atoms with Crippen molar-refractivity contribution >= 4 is 13.6 Å². The maximum atomic E-state index is 13.0. The Bertz CT molecular complexity index is 737. The first-order valence-electron chi connectivity index (χ1n) is 10.8. The largest absolute Gasteiger partial charge is 0.469 e. The lowest BCUT2D eigenvalue weighted by Crippen LogP contribution is -2.26. The fraction of sp³-hybridized carbons (Fsp3) is 0.609. The van der Waals surface area contributed by atoms with Crippen LogP contribution < -0.4 is 0 Å². The Labute approximate surface area is 184 Å². The monoisotopic (exact) mass is 454 g/mol. The summed E-state index contributed by atoms with van der Waals surface area (Å²) in [6, 6.07) is 9.71. The number of carbonyl (C=O) groups excluding carboxylic acids is 1. The van der Waals surface area contributed by atoms with Crippen molar-refractivity contribution in [1.29, 1.82) is 0 Å². The van der Waals surface area contributed by atoms with Crippen molar-refractivity contribution in [2.45, 2.75) is 50.7 Å². The Kier molecular flexibility index (Phi) is 10.9. The summed E-state index contributed by atoms with van der Waals surface area (Å²) in [6.07, 6.45) is 6.05. The summed E-state index contributed by atoms with van der Waals surface area (Å²) in [5.41, 5.74) is 1.05. The first-order chi connectivity index (χ1) is 14.9. The molecule has 0 saturated heterocycles. The van der Waals surface area contributed by atoms with Gasteiger partial charge >= 0.3 is 13.6 Å². The maximum Gasteiger partial charge on any atom is 0.330 e. The fourth-order valence-corrected chi connectivity index (χ4v) is 5.24. The average molecular weight is 455 g/mol. The Balaban J connectivity index is 1.85. The Morgan fingerprint density at radius 1 is 1.13 bits per heavy atom. The maximum absolute atomic E-state index is 13.0. The fourth-order valence-electron chi connectivity index (χ4n) is 3.89. The molecule has 0 aliphatic heterocycles. The highest BCUT2D eigenvalue weighted by atomic mass is 31.2. The van der Waals surface area contributed by atoms with Gasteiger partial charge in [0, 0.05) is 19.4 Å². The molecular weight excluding hydrogens is 419 g/mol. The van der Waals surface area contributed by atoms with Gasteiger partial charge in [0.2, 0.25) is 0 Å². The van der Waals surface area contributed by atoms with Crippen LogP contribution in [0.25, 0.3) is 0 Å². The van der Waals surface area contributed by atoms with E-state index in [0.29, 0.717) is 25.7 Å². The zero-order valence-electron chi connectivity index (χ0n) is 18.4. The minimum Gasteiger partial charge on any atom is -0.469 e. The van der Waals surface area contributed by atoms with Crippen molar-refractivity contribution in [3.63, 3.8) is 0 Å². The van der Waals surface area contributed by atoms with Gasteiger partial charge in [-0.25, -0.2) is 0 Å². The molecule has 174 valence electrons. The van der Waals surface area contributed by atoms with Crippen LogP contribution in [0.1, 0.15) is 37.7 Å². The van der Waals surface area contributed by atoms with Crippen LogP contribution >= 0.6 is 7.60 Å². The highest BCUT2D eigenvalue weighted by Gasteiger charge is 2.42. The molecule has 31 heavy (non-hydrogen) atoms. The van der Waals surface area contributed by atoms with Crippen molar-refractivity contribution in [3.05, 3.63) is 48.0 Å². The van der Waals surface area contributed by atoms with E-state index in [1.54, 1.807) is 0 Å². The second-order valence-electron chi connectivity index (χ2n) is 7.92. The first kappa shape index (κ1) is 25.8. The van der Waals surface area contributed by atoms with Gasteiger partial charge in [-0.1, -0.05) is 42.5 Å². The predicted molar refractivity (Wildman–Crippen MR) is 119 cm³/mol. The van der Waals surface area contributed by atoms with Crippen LogP contribution in [-0.2, 0) is 29.6 Å². The van der Waals surface area contributed by atoms with Crippen LogP contribution in [0.15, 0.2) is 42.5 Å². The molecular formula is C23H35O7P. The van der Waals surface area contributed by atoms with Crippen LogP contribution in [0.2, 0.25) is 0 Å². The molecule has 5 atom stereocenters. The standard InChI is InChI=1S/C23H35O7P/c1-28-23(26)13-9-4-3-8-12-19-20(22(25)16-21(19)24)17-30-31(27,29-2)15-14-18-10-6-5-7-11-18/h3,5-8,10-11,19-22,24-25H,4,9,12-17H2,1-2H3/t19?,20-,21+,22-,31?/m1/s1. The van der Waals surface area contributed by atoms with Gasteiger partial charge in [0.15, 0.2) is 0 Å². The number of rotatable bonds is 13. The lowest BCUT2D eigenvalue weighted by molar-refractivity contribution is -0.140. The smallest absolute Gasteiger partial charge is 0.330 e. The van der Waals surface area contributed by atoms with E-state index in [0.717, 1.165) is 12.0 Å². The van der Waals surface area contributed by atoms with E-state index in [1.165, 1.54) is 14.2 Å². The van der Waals surface area contributed by atoms with E-state index in [4.69, 9.17) is 9.05 Å². The molecule has 1 aromatic carbocycles. The lowest BCUT2D eigenvalue weighted by atomic mass is 9.91. The molecule has 2 N–H and O–H groups in total. The number of aliphatic hydroxyl groups excluding tert-OH is 2. The van der Waals surface area contributed by atoms with Crippen molar-refractivity contribution in [2.24, 2.45) is 11.8 Å². The van der Waals surface area contributed by atoms with Gasteiger partial charge in [0.25, 0.3) is 0 Å². The topological polar surface area (TPSA) is 102 Å². The summed E-state index contributed by atoms with van der Waals surface area (Å²) in [7, 11) is -0.551. The van der Waals surface area contributed by atoms with Gasteiger partial charge in [-0.3, -0.25) is 9.36 Å². The van der Waals surface area contributed by atoms with E-state index >= 15 is 0 Å². The van der Waals surface area contributed by atoms with Crippen LogP contribution in [0.4, 0.5) is 0 Å². The van der Waals surface area contributed by atoms with Crippen LogP contribution in [0.3, 0.4) is 0 Å². The molecule has 1 aliphatic carbocycles. The molecule has 0 bridgehead atoms. The molecule has 2 rings (SSSR count). The number of unbranched alkanes of at least 4 members (excludes halogenated alkanes) is 1. The van der Waals surface area contributed by atoms with Crippen molar-refractivity contribution in [3.8, 4) is 0 Å².